The second-order valence-corrected chi connectivity index (χ2v) is 29.5. The molecule has 0 amide bonds. The summed E-state index contributed by atoms with van der Waals surface area (Å²) in [4.78, 5) is 59.7. The van der Waals surface area contributed by atoms with E-state index in [4.69, 9.17) is 0 Å². The van der Waals surface area contributed by atoms with Crippen LogP contribution in [0.3, 0.4) is 0 Å². The van der Waals surface area contributed by atoms with Gasteiger partial charge in [0.1, 0.15) is 0 Å². The minimum absolute atomic E-state index is 0.0551. The molecule has 0 saturated heterocycles. The maximum atomic E-state index is 9.86. The lowest BCUT2D eigenvalue weighted by molar-refractivity contribution is 0.132. The summed E-state index contributed by atoms with van der Waals surface area (Å²) in [7, 11) is 0. The van der Waals surface area contributed by atoms with Crippen molar-refractivity contribution in [2.24, 2.45) is 0 Å². The predicted octanol–water partition coefficient (Wildman–Crippen LogP) is 8.97. The van der Waals surface area contributed by atoms with Gasteiger partial charge in [-0.05, 0) is 102 Å². The van der Waals surface area contributed by atoms with Gasteiger partial charge in [0.25, 0.3) is 0 Å². The van der Waals surface area contributed by atoms with E-state index in [1.165, 1.54) is 0 Å². The quantitative estimate of drug-likeness (QED) is 0.0171. The monoisotopic (exact) mass is 1730 g/mol. The number of aliphatic hydroxyl groups is 8. The molecule has 0 aliphatic carbocycles. The van der Waals surface area contributed by atoms with Crippen LogP contribution in [0, 0.1) is 0 Å². The lowest BCUT2D eigenvalue weighted by Gasteiger charge is -2.21. The minimum Gasteiger partial charge on any atom is -0.395 e. The Morgan fingerprint density at radius 1 is 0.320 bits per heavy atom. The number of hydrogen-bond acceptors (Lipinski definition) is 32. The molecule has 0 aliphatic rings. The Balaban J connectivity index is 0.000000146. The van der Waals surface area contributed by atoms with Gasteiger partial charge in [-0.25, -0.2) is 0 Å². The maximum absolute atomic E-state index is 9.86. The molecule has 36 nitrogen and oxygen atoms in total. The van der Waals surface area contributed by atoms with Crippen LogP contribution in [0.1, 0.15) is 79.1 Å². The van der Waals surface area contributed by atoms with Crippen molar-refractivity contribution < 1.29 is 40.9 Å². The third kappa shape index (κ3) is 23.5. The zero-order valence-corrected chi connectivity index (χ0v) is 72.2. The molecule has 4 aromatic carbocycles. The van der Waals surface area contributed by atoms with Crippen molar-refractivity contribution in [1.29, 1.82) is 0 Å². The Morgan fingerprint density at radius 3 is 1.00 bits per heavy atom. The highest BCUT2D eigenvalue weighted by Gasteiger charge is 2.23. The molecule has 0 fully saturated rings. The number of hydrogen-bond donors (Lipinski definition) is 13. The number of aromatic nitrogens is 20. The first kappa shape index (κ1) is 91.5. The van der Waals surface area contributed by atoms with Gasteiger partial charge in [0.2, 0.25) is 47.6 Å². The largest absolute Gasteiger partial charge is 0.395 e. The molecule has 36 heteroatoms. The molecule has 2 atom stereocenters. The SMILES string of the molecule is CCc1cnn2c(NCc3ccc(-c4ccccc4)nc3)nc(N(CCO)CCO)nc12.CCc1cnn2c(NCc3ccc(-c4ccccn4)cc3)nc(N(CCO)CCO)nc12.CCc1cnn2c(NCc3ccc(-c4ccccn4)cc3)nc(N[C@@H](CO)[C@H](C)O)nc12.CCc1cnn2c(NCc3ccc(-c4cccnc4)cc3)nc(N(CCO)CCO)nc12. The fourth-order valence-electron chi connectivity index (χ4n) is 13.8. The number of aliphatic hydroxyl groups excluding tert-OH is 8. The Bertz CT molecular complexity index is 5630. The van der Waals surface area contributed by atoms with Gasteiger partial charge in [-0.3, -0.25) is 19.9 Å². The van der Waals surface area contributed by atoms with Crippen molar-refractivity contribution in [3.63, 3.8) is 0 Å². The molecular formula is C92H108N28O8. The molecule has 0 spiro atoms. The highest BCUT2D eigenvalue weighted by molar-refractivity contribution is 5.66. The van der Waals surface area contributed by atoms with Crippen LogP contribution >= 0.6 is 0 Å². The molecule has 12 heterocycles. The molecule has 0 saturated carbocycles. The predicted molar refractivity (Wildman–Crippen MR) is 494 cm³/mol. The van der Waals surface area contributed by atoms with Gasteiger partial charge >= 0.3 is 0 Å². The number of pyridine rings is 4. The summed E-state index contributed by atoms with van der Waals surface area (Å²) in [6.07, 6.45) is 18.5. The Hall–Kier alpha value is -14.2. The molecular weight excluding hydrogens is 1630 g/mol. The summed E-state index contributed by atoms with van der Waals surface area (Å²) in [5.41, 5.74) is 19.2. The Morgan fingerprint density at radius 2 is 0.664 bits per heavy atom. The molecule has 128 heavy (non-hydrogen) atoms. The molecule has 0 radical (unpaired) electrons. The second kappa shape index (κ2) is 46.1. The fraction of sp³-hybridized carbons (Fsp3) is 0.304. The Kier molecular flexibility index (Phi) is 32.9. The summed E-state index contributed by atoms with van der Waals surface area (Å²) >= 11 is 0. The van der Waals surface area contributed by atoms with Gasteiger partial charge in [-0.15, -0.1) is 0 Å². The second-order valence-electron chi connectivity index (χ2n) is 29.5. The third-order valence-electron chi connectivity index (χ3n) is 20.9. The Labute approximate surface area is 740 Å². The first-order valence-corrected chi connectivity index (χ1v) is 42.7. The average molecular weight is 1730 g/mol. The van der Waals surface area contributed by atoms with Gasteiger partial charge in [0.15, 0.2) is 22.6 Å². The van der Waals surface area contributed by atoms with Gasteiger partial charge in [-0.2, -0.15) is 78.3 Å². The molecule has 16 aromatic rings. The highest BCUT2D eigenvalue weighted by atomic mass is 16.3. The summed E-state index contributed by atoms with van der Waals surface area (Å²) in [5.74, 6) is 3.83. The van der Waals surface area contributed by atoms with E-state index in [9.17, 15) is 40.9 Å². The molecule has 13 N–H and O–H groups in total. The van der Waals surface area contributed by atoms with Crippen LogP contribution in [0.4, 0.5) is 47.6 Å². The lowest BCUT2D eigenvalue weighted by atomic mass is 10.1. The minimum atomic E-state index is -0.760. The molecule has 16 rings (SSSR count). The zero-order chi connectivity index (χ0) is 89.5. The van der Waals surface area contributed by atoms with E-state index in [-0.39, 0.29) is 46.2 Å². The molecule has 0 aliphatic heterocycles. The first-order valence-electron chi connectivity index (χ1n) is 42.7. The van der Waals surface area contributed by atoms with Crippen LogP contribution in [0.15, 0.2) is 220 Å². The van der Waals surface area contributed by atoms with Crippen molar-refractivity contribution in [2.75, 3.05) is 127 Å². The number of anilines is 8. The number of nitrogens with one attached hydrogen (secondary N) is 5. The number of fused-ring (bicyclic) bond motifs is 4. The third-order valence-corrected chi connectivity index (χ3v) is 20.9. The van der Waals surface area contributed by atoms with Crippen molar-refractivity contribution in [3.05, 3.63) is 264 Å². The van der Waals surface area contributed by atoms with E-state index in [1.54, 1.807) is 83.1 Å². The summed E-state index contributed by atoms with van der Waals surface area (Å²) in [5, 5.41) is 110. The van der Waals surface area contributed by atoms with Gasteiger partial charge in [-0.1, -0.05) is 155 Å². The van der Waals surface area contributed by atoms with Crippen LogP contribution < -0.4 is 41.3 Å². The summed E-state index contributed by atoms with van der Waals surface area (Å²) in [6, 6.07) is 53.8. The standard InChI is InChI=1S/4C23H27N7O2/c1-3-17-13-26-30-21(17)28-22(27-20(14-31)15(2)32)29-23(30)25-12-16-7-9-18(10-8-16)19-6-4-5-11-24-19;1-2-18-16-26-30-21(18)27-23(29(10-12-31)11-13-32)28-22(30)25-14-17-5-7-19(8-6-17)20-4-3-9-24-15-20;1-2-18-16-26-30-21(18)27-23(29(11-13-31)12-14-32)28-22(30)25-15-17-6-8-19(9-7-17)20-5-3-4-10-24-20;1-2-18-16-26-30-21(18)27-23(29(10-12-31)11-13-32)28-22(30)25-15-17-8-9-20(24-14-17)19-6-4-3-5-7-19/h4-11,13,15,20,31-32H,3,12,14H2,1-2H3,(H2,25,27,28,29);3-9,15-16,31-32H,2,10-14H2,1H3,(H,25,27,28);3-10,16,31-32H,2,11-15H2,1H3,(H,25,27,28);3-9,14,16,31-32H,2,10-13,15H2,1H3,(H,25,27,28)/t15-,20-;;;/m0.../s1. The average Bonchev–Trinajstić information content (AvgIpc) is 1.64. The maximum Gasteiger partial charge on any atom is 0.230 e. The topological polar surface area (TPSA) is 456 Å². The number of nitrogens with zero attached hydrogens (tertiary/aromatic N) is 23. The van der Waals surface area contributed by atoms with E-state index in [1.807, 2.05) is 161 Å². The van der Waals surface area contributed by atoms with E-state index in [0.717, 1.165) is 115 Å². The van der Waals surface area contributed by atoms with E-state index in [0.29, 0.717) is 136 Å². The van der Waals surface area contributed by atoms with Crippen molar-refractivity contribution in [1.82, 2.24) is 98.3 Å². The summed E-state index contributed by atoms with van der Waals surface area (Å²) in [6.45, 7) is 13.4. The summed E-state index contributed by atoms with van der Waals surface area (Å²) < 4.78 is 6.75. The molecule has 664 valence electrons. The van der Waals surface area contributed by atoms with E-state index in [2.05, 4.69) is 150 Å². The smallest absolute Gasteiger partial charge is 0.230 e. The van der Waals surface area contributed by atoms with Crippen molar-refractivity contribution in [3.8, 4) is 44.9 Å². The number of aryl methyl sites for hydroxylation is 4. The highest BCUT2D eigenvalue weighted by Crippen LogP contribution is 2.28. The first-order chi connectivity index (χ1) is 62.8. The van der Waals surface area contributed by atoms with Crippen LogP contribution in [-0.4, -0.2) is 237 Å². The number of rotatable bonds is 39. The van der Waals surface area contributed by atoms with Crippen LogP contribution in [0.5, 0.6) is 0 Å². The molecule has 0 unspecified atom stereocenters. The lowest BCUT2D eigenvalue weighted by Crippen LogP contribution is -2.35. The normalized spacial score (nSPS) is 11.6. The van der Waals surface area contributed by atoms with E-state index >= 15 is 0 Å². The number of benzene rings is 4. The zero-order valence-electron chi connectivity index (χ0n) is 72.2. The van der Waals surface area contributed by atoms with Crippen LogP contribution in [0.2, 0.25) is 0 Å². The van der Waals surface area contributed by atoms with Crippen molar-refractivity contribution in [2.45, 2.75) is 98.6 Å². The van der Waals surface area contributed by atoms with Crippen molar-refractivity contribution >= 4 is 70.2 Å². The fourth-order valence-corrected chi connectivity index (χ4v) is 13.8. The van der Waals surface area contributed by atoms with Crippen LogP contribution in [-0.2, 0) is 51.9 Å². The van der Waals surface area contributed by atoms with Crippen LogP contribution in [0.25, 0.3) is 67.5 Å². The molecule has 0 bridgehead atoms. The molecule has 12 aromatic heterocycles. The van der Waals surface area contributed by atoms with Gasteiger partial charge in [0, 0.05) is 135 Å². The van der Waals surface area contributed by atoms with Gasteiger partial charge < -0.3 is 82.1 Å². The van der Waals surface area contributed by atoms with E-state index < -0.39 is 12.1 Å². The van der Waals surface area contributed by atoms with Gasteiger partial charge in [0.05, 0.1) is 100 Å².